The topological polar surface area (TPSA) is 129 Å². The fraction of sp³-hybridized carbons (Fsp3) is 0.250. The zero-order chi connectivity index (χ0) is 22.5. The first kappa shape index (κ1) is 21.8. The second-order valence-electron chi connectivity index (χ2n) is 6.40. The average Bonchev–Trinajstić information content (AvgIpc) is 2.66. The minimum absolute atomic E-state index is 0.0338. The van der Waals surface area contributed by atoms with E-state index in [0.717, 1.165) is 13.0 Å². The van der Waals surface area contributed by atoms with E-state index in [2.05, 4.69) is 9.97 Å². The van der Waals surface area contributed by atoms with Gasteiger partial charge in [0, 0.05) is 19.4 Å². The predicted octanol–water partition coefficient (Wildman–Crippen LogP) is 2.61. The van der Waals surface area contributed by atoms with E-state index in [1.165, 1.54) is 24.3 Å². The fourth-order valence-electron chi connectivity index (χ4n) is 2.84. The molecule has 0 aliphatic rings. The van der Waals surface area contributed by atoms with Crippen molar-refractivity contribution in [1.29, 1.82) is 0 Å². The maximum absolute atomic E-state index is 12.5. The maximum Gasteiger partial charge on any atom is 0.349 e. The summed E-state index contributed by atoms with van der Waals surface area (Å²) >= 11 is 0. The quantitative estimate of drug-likeness (QED) is 0.444. The van der Waals surface area contributed by atoms with E-state index in [-0.39, 0.29) is 35.1 Å². The van der Waals surface area contributed by atoms with Crippen LogP contribution in [0.2, 0.25) is 0 Å². The number of benzene rings is 1. The summed E-state index contributed by atoms with van der Waals surface area (Å²) in [5, 5.41) is -0.103. The van der Waals surface area contributed by atoms with Crippen LogP contribution in [0.1, 0.15) is 35.7 Å². The number of carbonyl (C=O) groups excluding carboxylic acids is 2. The number of nitrogens with one attached hydrogen (secondary N) is 1. The third-order valence-corrected chi connectivity index (χ3v) is 4.09. The van der Waals surface area contributed by atoms with Crippen LogP contribution in [-0.4, -0.2) is 28.3 Å². The number of aryl methyl sites for hydroxylation is 1. The standard InChI is InChI=1S/C20H16F2N2O7/c1-10(25)29-13-7-3-2-6-12(13)19(28)31-20-23-17(27)16-11(5-4-8-14(21)22)9-15(26)30-18(16)24-20/h2-3,6-7,9,14H,4-5,8H2,1H3,(H,23,24,27). The number of halogens is 2. The van der Waals surface area contributed by atoms with Crippen molar-refractivity contribution in [3.63, 3.8) is 0 Å². The Labute approximate surface area is 172 Å². The zero-order valence-corrected chi connectivity index (χ0v) is 16.1. The monoisotopic (exact) mass is 434 g/mol. The SMILES string of the molecule is CC(=O)Oc1ccccc1C(=O)Oc1nc2oc(=O)cc(CCCC(F)F)c2c(=O)[nH]1. The summed E-state index contributed by atoms with van der Waals surface area (Å²) in [6, 6.07) is 6.22. The highest BCUT2D eigenvalue weighted by atomic mass is 19.3. The number of aromatic nitrogens is 2. The van der Waals surface area contributed by atoms with Gasteiger partial charge in [0.05, 0.1) is 0 Å². The normalized spacial score (nSPS) is 11.0. The summed E-state index contributed by atoms with van der Waals surface area (Å²) < 4.78 is 39.7. The molecule has 0 radical (unpaired) electrons. The van der Waals surface area contributed by atoms with Gasteiger partial charge < -0.3 is 13.9 Å². The first-order valence-corrected chi connectivity index (χ1v) is 9.09. The molecule has 0 amide bonds. The Kier molecular flexibility index (Phi) is 6.53. The summed E-state index contributed by atoms with van der Waals surface area (Å²) in [4.78, 5) is 54.0. The molecule has 0 saturated carbocycles. The van der Waals surface area contributed by atoms with Gasteiger partial charge in [0.2, 0.25) is 12.1 Å². The zero-order valence-electron chi connectivity index (χ0n) is 16.1. The lowest BCUT2D eigenvalue weighted by molar-refractivity contribution is -0.131. The van der Waals surface area contributed by atoms with Crippen molar-refractivity contribution in [3.05, 3.63) is 62.2 Å². The lowest BCUT2D eigenvalue weighted by Crippen LogP contribution is -2.19. The average molecular weight is 434 g/mol. The van der Waals surface area contributed by atoms with Gasteiger partial charge in [0.1, 0.15) is 16.7 Å². The number of nitrogens with zero attached hydrogens (tertiary/aromatic N) is 1. The molecule has 0 saturated heterocycles. The smallest absolute Gasteiger partial charge is 0.349 e. The lowest BCUT2D eigenvalue weighted by atomic mass is 10.1. The molecular formula is C20H16F2N2O7. The van der Waals surface area contributed by atoms with E-state index in [0.29, 0.717) is 0 Å². The highest BCUT2D eigenvalue weighted by Gasteiger charge is 2.19. The van der Waals surface area contributed by atoms with Gasteiger partial charge in [-0.05, 0) is 30.5 Å². The molecule has 0 fully saturated rings. The van der Waals surface area contributed by atoms with E-state index in [9.17, 15) is 28.0 Å². The van der Waals surface area contributed by atoms with Crippen LogP contribution in [-0.2, 0) is 11.2 Å². The molecule has 0 aliphatic carbocycles. The van der Waals surface area contributed by atoms with Crippen molar-refractivity contribution in [3.8, 4) is 11.8 Å². The van der Waals surface area contributed by atoms with Crippen LogP contribution in [0.4, 0.5) is 8.78 Å². The number of hydrogen-bond acceptors (Lipinski definition) is 8. The van der Waals surface area contributed by atoms with Crippen LogP contribution in [0.15, 0.2) is 44.3 Å². The van der Waals surface area contributed by atoms with Crippen LogP contribution in [0.3, 0.4) is 0 Å². The van der Waals surface area contributed by atoms with Crippen LogP contribution in [0.5, 0.6) is 11.8 Å². The predicted molar refractivity (Wildman–Crippen MR) is 103 cm³/mol. The Morgan fingerprint density at radius 1 is 1.19 bits per heavy atom. The van der Waals surface area contributed by atoms with Crippen molar-refractivity contribution in [2.75, 3.05) is 0 Å². The number of para-hydroxylation sites is 1. The molecule has 1 aromatic carbocycles. The molecule has 2 aromatic heterocycles. The Hall–Kier alpha value is -3.89. The summed E-state index contributed by atoms with van der Waals surface area (Å²) in [5.41, 5.74) is -1.94. The van der Waals surface area contributed by atoms with Crippen LogP contribution < -0.4 is 20.7 Å². The Morgan fingerprint density at radius 2 is 1.94 bits per heavy atom. The molecule has 0 atom stereocenters. The van der Waals surface area contributed by atoms with E-state index >= 15 is 0 Å². The van der Waals surface area contributed by atoms with Gasteiger partial charge in [-0.25, -0.2) is 18.4 Å². The summed E-state index contributed by atoms with van der Waals surface area (Å²) in [6.45, 7) is 1.16. The number of hydrogen-bond donors (Lipinski definition) is 1. The number of esters is 2. The number of rotatable bonds is 7. The van der Waals surface area contributed by atoms with Gasteiger partial charge in [-0.3, -0.25) is 14.6 Å². The molecule has 0 aliphatic heterocycles. The number of H-pyrrole nitrogens is 1. The van der Waals surface area contributed by atoms with Crippen LogP contribution in [0, 0.1) is 0 Å². The Balaban J connectivity index is 1.93. The molecule has 0 bridgehead atoms. The van der Waals surface area contributed by atoms with Crippen LogP contribution in [0.25, 0.3) is 11.1 Å². The first-order valence-electron chi connectivity index (χ1n) is 9.09. The molecule has 0 unspecified atom stereocenters. The molecule has 31 heavy (non-hydrogen) atoms. The van der Waals surface area contributed by atoms with Gasteiger partial charge in [-0.15, -0.1) is 0 Å². The van der Waals surface area contributed by atoms with Crippen molar-refractivity contribution in [2.45, 2.75) is 32.6 Å². The molecule has 2 heterocycles. The van der Waals surface area contributed by atoms with E-state index in [4.69, 9.17) is 13.9 Å². The van der Waals surface area contributed by atoms with Gasteiger partial charge >= 0.3 is 23.6 Å². The third kappa shape index (κ3) is 5.38. The van der Waals surface area contributed by atoms with Crippen molar-refractivity contribution in [2.24, 2.45) is 0 Å². The molecule has 1 N–H and O–H groups in total. The molecule has 3 aromatic rings. The molecule has 162 valence electrons. The van der Waals surface area contributed by atoms with E-state index in [1.807, 2.05) is 0 Å². The largest absolute Gasteiger partial charge is 0.426 e. The minimum Gasteiger partial charge on any atom is -0.426 e. The summed E-state index contributed by atoms with van der Waals surface area (Å²) in [5.74, 6) is -1.70. The van der Waals surface area contributed by atoms with Crippen LogP contribution >= 0.6 is 0 Å². The van der Waals surface area contributed by atoms with Crippen molar-refractivity contribution < 1.29 is 32.3 Å². The minimum atomic E-state index is -2.51. The molecule has 0 spiro atoms. The van der Waals surface area contributed by atoms with E-state index in [1.54, 1.807) is 0 Å². The van der Waals surface area contributed by atoms with E-state index < -0.39 is 47.7 Å². The highest BCUT2D eigenvalue weighted by molar-refractivity contribution is 5.94. The van der Waals surface area contributed by atoms with Crippen molar-refractivity contribution >= 4 is 23.0 Å². The summed E-state index contributed by atoms with van der Waals surface area (Å²) in [7, 11) is 0. The maximum atomic E-state index is 12.5. The van der Waals surface area contributed by atoms with Gasteiger partial charge in [-0.1, -0.05) is 12.1 Å². The van der Waals surface area contributed by atoms with Gasteiger partial charge in [-0.2, -0.15) is 4.98 Å². The van der Waals surface area contributed by atoms with Crippen molar-refractivity contribution in [1.82, 2.24) is 9.97 Å². The fourth-order valence-corrected chi connectivity index (χ4v) is 2.84. The number of alkyl halides is 2. The lowest BCUT2D eigenvalue weighted by Gasteiger charge is -2.09. The molecular weight excluding hydrogens is 418 g/mol. The number of aromatic amines is 1. The van der Waals surface area contributed by atoms with Gasteiger partial charge in [0.25, 0.3) is 5.56 Å². The van der Waals surface area contributed by atoms with Gasteiger partial charge in [0.15, 0.2) is 0 Å². The summed E-state index contributed by atoms with van der Waals surface area (Å²) in [6.07, 6.45) is -2.83. The number of fused-ring (bicyclic) bond motifs is 1. The second-order valence-corrected chi connectivity index (χ2v) is 6.40. The Bertz CT molecular complexity index is 1250. The number of carbonyl (C=O) groups is 2. The molecule has 11 heteroatoms. The Morgan fingerprint density at radius 3 is 2.65 bits per heavy atom. The molecule has 3 rings (SSSR count). The first-order chi connectivity index (χ1) is 14.7. The molecule has 9 nitrogen and oxygen atoms in total. The number of ether oxygens (including phenoxy) is 2. The highest BCUT2D eigenvalue weighted by Crippen LogP contribution is 2.21. The third-order valence-electron chi connectivity index (χ3n) is 4.09. The second kappa shape index (κ2) is 9.28.